The van der Waals surface area contributed by atoms with Crippen LogP contribution in [0.25, 0.3) is 22.2 Å². The number of fused-ring (bicyclic) bond motifs is 2. The number of aryl methyl sites for hydroxylation is 1. The van der Waals surface area contributed by atoms with E-state index in [9.17, 15) is 4.79 Å². The maximum Gasteiger partial charge on any atom is 0.266 e. The van der Waals surface area contributed by atoms with Gasteiger partial charge in [-0.1, -0.05) is 30.3 Å². The van der Waals surface area contributed by atoms with Gasteiger partial charge in [0.25, 0.3) is 5.56 Å². The Bertz CT molecular complexity index is 1390. The number of aromatic nitrogens is 7. The summed E-state index contributed by atoms with van der Waals surface area (Å²) in [5.41, 5.74) is 2.84. The molecule has 0 atom stereocenters. The SMILES string of the molecule is Cc1ccccc1-n1c(Sc2ccc3nnnn3n2)nc2ccccc2c1=O. The Morgan fingerprint density at radius 3 is 2.68 bits per heavy atom. The molecule has 136 valence electrons. The Balaban J connectivity index is 1.75. The highest BCUT2D eigenvalue weighted by molar-refractivity contribution is 7.99. The number of tetrazole rings is 1. The molecule has 0 aliphatic heterocycles. The van der Waals surface area contributed by atoms with Crippen LogP contribution in [0.1, 0.15) is 5.56 Å². The summed E-state index contributed by atoms with van der Waals surface area (Å²) in [7, 11) is 0. The zero-order valence-corrected chi connectivity index (χ0v) is 15.5. The average molecular weight is 387 g/mol. The number of rotatable bonds is 3. The van der Waals surface area contributed by atoms with Gasteiger partial charge < -0.3 is 0 Å². The summed E-state index contributed by atoms with van der Waals surface area (Å²) < 4.78 is 2.98. The zero-order valence-electron chi connectivity index (χ0n) is 14.7. The van der Waals surface area contributed by atoms with E-state index in [0.29, 0.717) is 26.7 Å². The van der Waals surface area contributed by atoms with Crippen molar-refractivity contribution in [3.8, 4) is 5.69 Å². The molecule has 3 heterocycles. The van der Waals surface area contributed by atoms with Gasteiger partial charge in [-0.15, -0.1) is 14.8 Å². The maximum absolute atomic E-state index is 13.3. The Hall–Kier alpha value is -3.59. The van der Waals surface area contributed by atoms with Crippen LogP contribution in [0.2, 0.25) is 0 Å². The van der Waals surface area contributed by atoms with Crippen molar-refractivity contribution in [3.63, 3.8) is 0 Å². The summed E-state index contributed by atoms with van der Waals surface area (Å²) in [6, 6.07) is 18.6. The van der Waals surface area contributed by atoms with Crippen LogP contribution in [0.15, 0.2) is 75.6 Å². The Morgan fingerprint density at radius 2 is 1.79 bits per heavy atom. The van der Waals surface area contributed by atoms with E-state index in [-0.39, 0.29) is 5.56 Å². The molecular formula is C19H13N7OS. The van der Waals surface area contributed by atoms with Crippen LogP contribution < -0.4 is 5.56 Å². The van der Waals surface area contributed by atoms with Gasteiger partial charge in [0.1, 0.15) is 5.03 Å². The van der Waals surface area contributed by atoms with E-state index >= 15 is 0 Å². The van der Waals surface area contributed by atoms with Gasteiger partial charge in [0.05, 0.1) is 16.6 Å². The Kier molecular flexibility index (Phi) is 3.87. The van der Waals surface area contributed by atoms with Crippen LogP contribution in [0.3, 0.4) is 0 Å². The van der Waals surface area contributed by atoms with Gasteiger partial charge in [-0.05, 0) is 65.0 Å². The fourth-order valence-electron chi connectivity index (χ4n) is 2.99. The molecule has 5 aromatic rings. The first-order valence-electron chi connectivity index (χ1n) is 8.52. The molecule has 0 N–H and O–H groups in total. The van der Waals surface area contributed by atoms with Gasteiger partial charge in [-0.25, -0.2) is 4.98 Å². The molecule has 0 amide bonds. The standard InChI is InChI=1S/C19H13N7OS/c1-12-6-2-5-9-15(12)25-18(27)13-7-3-4-8-14(13)20-19(25)28-17-11-10-16-21-23-24-26(16)22-17/h2-11H,1H3. The molecule has 0 saturated carbocycles. The highest BCUT2D eigenvalue weighted by atomic mass is 32.2. The Labute approximate surface area is 162 Å². The second kappa shape index (κ2) is 6.54. The molecule has 8 nitrogen and oxygen atoms in total. The molecule has 9 heteroatoms. The van der Waals surface area contributed by atoms with Crippen LogP contribution in [0.5, 0.6) is 0 Å². The van der Waals surface area contributed by atoms with Crippen molar-refractivity contribution in [2.75, 3.05) is 0 Å². The minimum atomic E-state index is -0.120. The molecular weight excluding hydrogens is 374 g/mol. The molecule has 2 aromatic carbocycles. The predicted molar refractivity (Wildman–Crippen MR) is 105 cm³/mol. The normalized spacial score (nSPS) is 11.3. The third kappa shape index (κ3) is 2.72. The van der Waals surface area contributed by atoms with E-state index in [1.807, 2.05) is 49.4 Å². The fourth-order valence-corrected chi connectivity index (χ4v) is 3.85. The molecule has 0 aliphatic carbocycles. The van der Waals surface area contributed by atoms with Crippen molar-refractivity contribution in [2.24, 2.45) is 0 Å². The number of para-hydroxylation sites is 2. The smallest absolute Gasteiger partial charge is 0.266 e. The predicted octanol–water partition coefficient (Wildman–Crippen LogP) is 2.68. The van der Waals surface area contributed by atoms with Gasteiger partial charge in [0.2, 0.25) is 0 Å². The van der Waals surface area contributed by atoms with Crippen LogP contribution in [0.4, 0.5) is 0 Å². The minimum Gasteiger partial charge on any atom is -0.268 e. The molecule has 0 bridgehead atoms. The highest BCUT2D eigenvalue weighted by Crippen LogP contribution is 2.27. The van der Waals surface area contributed by atoms with Crippen molar-refractivity contribution in [1.29, 1.82) is 0 Å². The Morgan fingerprint density at radius 1 is 0.964 bits per heavy atom. The van der Waals surface area contributed by atoms with Crippen molar-refractivity contribution >= 4 is 28.3 Å². The fraction of sp³-hybridized carbons (Fsp3) is 0.0526. The summed E-state index contributed by atoms with van der Waals surface area (Å²) in [6.45, 7) is 1.97. The second-order valence-corrected chi connectivity index (χ2v) is 7.13. The highest BCUT2D eigenvalue weighted by Gasteiger charge is 2.16. The number of hydrogen-bond donors (Lipinski definition) is 0. The number of nitrogens with zero attached hydrogens (tertiary/aromatic N) is 7. The molecule has 0 aliphatic rings. The molecule has 0 unspecified atom stereocenters. The average Bonchev–Trinajstić information content (AvgIpc) is 3.17. The third-order valence-corrected chi connectivity index (χ3v) is 5.23. The van der Waals surface area contributed by atoms with Gasteiger partial charge in [0.15, 0.2) is 10.8 Å². The first-order valence-corrected chi connectivity index (χ1v) is 9.33. The van der Waals surface area contributed by atoms with Crippen molar-refractivity contribution in [1.82, 2.24) is 34.8 Å². The van der Waals surface area contributed by atoms with Crippen molar-refractivity contribution in [2.45, 2.75) is 17.1 Å². The van der Waals surface area contributed by atoms with E-state index in [1.54, 1.807) is 22.8 Å². The molecule has 28 heavy (non-hydrogen) atoms. The molecule has 0 fully saturated rings. The van der Waals surface area contributed by atoms with E-state index < -0.39 is 0 Å². The summed E-state index contributed by atoms with van der Waals surface area (Å²) >= 11 is 1.29. The lowest BCUT2D eigenvalue weighted by Crippen LogP contribution is -2.22. The summed E-state index contributed by atoms with van der Waals surface area (Å²) in [5, 5.41) is 17.4. The summed E-state index contributed by atoms with van der Waals surface area (Å²) in [4.78, 5) is 18.1. The van der Waals surface area contributed by atoms with Gasteiger partial charge >= 0.3 is 0 Å². The van der Waals surface area contributed by atoms with Crippen molar-refractivity contribution in [3.05, 3.63) is 76.6 Å². The summed E-state index contributed by atoms with van der Waals surface area (Å²) in [5.74, 6) is 0. The van der Waals surface area contributed by atoms with Crippen LogP contribution in [-0.4, -0.2) is 34.8 Å². The lowest BCUT2D eigenvalue weighted by Gasteiger charge is -2.14. The van der Waals surface area contributed by atoms with Gasteiger partial charge in [-0.3, -0.25) is 9.36 Å². The lowest BCUT2D eigenvalue weighted by atomic mass is 10.2. The van der Waals surface area contributed by atoms with Gasteiger partial charge in [0, 0.05) is 0 Å². The van der Waals surface area contributed by atoms with Crippen molar-refractivity contribution < 1.29 is 0 Å². The van der Waals surface area contributed by atoms with Gasteiger partial charge in [-0.2, -0.15) is 0 Å². The second-order valence-electron chi connectivity index (χ2n) is 6.14. The molecule has 0 spiro atoms. The number of benzene rings is 2. The summed E-state index contributed by atoms with van der Waals surface area (Å²) in [6.07, 6.45) is 0. The largest absolute Gasteiger partial charge is 0.268 e. The topological polar surface area (TPSA) is 90.9 Å². The lowest BCUT2D eigenvalue weighted by molar-refractivity contribution is 0.700. The maximum atomic E-state index is 13.3. The molecule has 5 rings (SSSR count). The molecule has 3 aromatic heterocycles. The number of hydrogen-bond acceptors (Lipinski definition) is 7. The zero-order chi connectivity index (χ0) is 19.1. The van der Waals surface area contributed by atoms with Crippen LogP contribution in [0, 0.1) is 6.92 Å². The molecule has 0 radical (unpaired) electrons. The van der Waals surface area contributed by atoms with E-state index in [2.05, 4.69) is 20.6 Å². The first-order chi connectivity index (χ1) is 13.7. The quantitative estimate of drug-likeness (QED) is 0.440. The monoisotopic (exact) mass is 387 g/mol. The van der Waals surface area contributed by atoms with Crippen LogP contribution >= 0.6 is 11.8 Å². The molecule has 0 saturated heterocycles. The minimum absolute atomic E-state index is 0.120. The first kappa shape index (κ1) is 16.6. The van der Waals surface area contributed by atoms with E-state index in [0.717, 1.165) is 11.3 Å². The van der Waals surface area contributed by atoms with E-state index in [1.165, 1.54) is 16.4 Å². The third-order valence-electron chi connectivity index (χ3n) is 4.34. The van der Waals surface area contributed by atoms with E-state index in [4.69, 9.17) is 4.98 Å². The van der Waals surface area contributed by atoms with Crippen LogP contribution in [-0.2, 0) is 0 Å².